The first-order valence-corrected chi connectivity index (χ1v) is 7.59. The number of aliphatic carboxylic acids is 1. The molecule has 23 heavy (non-hydrogen) atoms. The van der Waals surface area contributed by atoms with E-state index in [-0.39, 0.29) is 19.1 Å². The number of nitrogens with one attached hydrogen (secondary N) is 2. The number of likely N-dealkylation sites (tertiary alicyclic amines) is 1. The summed E-state index contributed by atoms with van der Waals surface area (Å²) in [5.74, 6) is -0.181. The van der Waals surface area contributed by atoms with Gasteiger partial charge in [0.15, 0.2) is 0 Å². The van der Waals surface area contributed by atoms with E-state index in [1.54, 1.807) is 11.8 Å². The minimum Gasteiger partial charge on any atom is -0.481 e. The third kappa shape index (κ3) is 2.99. The molecule has 1 aromatic carbocycles. The van der Waals surface area contributed by atoms with Crippen molar-refractivity contribution in [2.45, 2.75) is 26.8 Å². The van der Waals surface area contributed by atoms with Crippen molar-refractivity contribution in [3.8, 4) is 0 Å². The predicted molar refractivity (Wildman–Crippen MR) is 85.0 cm³/mol. The number of aromatic amines is 1. The molecule has 7 nitrogen and oxygen atoms in total. The van der Waals surface area contributed by atoms with Crippen LogP contribution in [0.3, 0.4) is 0 Å². The molecule has 1 unspecified atom stereocenters. The molecule has 3 N–H and O–H groups in total. The lowest BCUT2D eigenvalue weighted by atomic mass is 9.90. The molecule has 2 aromatic rings. The van der Waals surface area contributed by atoms with Gasteiger partial charge >= 0.3 is 12.0 Å². The van der Waals surface area contributed by atoms with Crippen molar-refractivity contribution < 1.29 is 14.7 Å². The lowest BCUT2D eigenvalue weighted by molar-refractivity contribution is -0.147. The van der Waals surface area contributed by atoms with Crippen LogP contribution in [0.5, 0.6) is 0 Å². The smallest absolute Gasteiger partial charge is 0.317 e. The fraction of sp³-hybridized carbons (Fsp3) is 0.438. The second kappa shape index (κ2) is 5.57. The van der Waals surface area contributed by atoms with E-state index in [4.69, 9.17) is 0 Å². The van der Waals surface area contributed by atoms with Crippen molar-refractivity contribution in [1.82, 2.24) is 20.2 Å². The van der Waals surface area contributed by atoms with Crippen molar-refractivity contribution in [3.05, 3.63) is 29.6 Å². The average molecular weight is 316 g/mol. The number of urea groups is 1. The Morgan fingerprint density at radius 2 is 2.26 bits per heavy atom. The number of benzene rings is 1. The lowest BCUT2D eigenvalue weighted by Gasteiger charge is -2.20. The summed E-state index contributed by atoms with van der Waals surface area (Å²) in [6.07, 6.45) is 0.472. The molecule has 1 fully saturated rings. The Bertz CT molecular complexity index is 770. The van der Waals surface area contributed by atoms with E-state index >= 15 is 0 Å². The highest BCUT2D eigenvalue weighted by molar-refractivity contribution is 5.79. The molecule has 0 bridgehead atoms. The second-order valence-corrected chi connectivity index (χ2v) is 6.40. The average Bonchev–Trinajstić information content (AvgIpc) is 3.08. The fourth-order valence-electron chi connectivity index (χ4n) is 2.84. The summed E-state index contributed by atoms with van der Waals surface area (Å²) in [5, 5.41) is 12.0. The van der Waals surface area contributed by atoms with Gasteiger partial charge in [-0.15, -0.1) is 0 Å². The van der Waals surface area contributed by atoms with Gasteiger partial charge < -0.3 is 20.3 Å². The molecule has 1 atom stereocenters. The monoisotopic (exact) mass is 316 g/mol. The number of rotatable bonds is 3. The van der Waals surface area contributed by atoms with E-state index in [9.17, 15) is 14.7 Å². The third-order valence-corrected chi connectivity index (χ3v) is 4.37. The van der Waals surface area contributed by atoms with E-state index in [0.29, 0.717) is 18.8 Å². The van der Waals surface area contributed by atoms with Crippen molar-refractivity contribution >= 4 is 23.0 Å². The number of carbonyl (C=O) groups excluding carboxylic acids is 1. The molecule has 1 saturated heterocycles. The van der Waals surface area contributed by atoms with Crippen LogP contribution in [0.4, 0.5) is 4.79 Å². The highest BCUT2D eigenvalue weighted by atomic mass is 16.4. The van der Waals surface area contributed by atoms with Gasteiger partial charge in [0, 0.05) is 13.1 Å². The number of carboxylic acid groups (broad SMARTS) is 1. The molecule has 0 spiro atoms. The van der Waals surface area contributed by atoms with Crippen LogP contribution < -0.4 is 5.32 Å². The summed E-state index contributed by atoms with van der Waals surface area (Å²) in [4.78, 5) is 32.6. The number of nitrogens with zero attached hydrogens (tertiary/aromatic N) is 2. The number of fused-ring (bicyclic) bond motifs is 1. The van der Waals surface area contributed by atoms with Crippen LogP contribution in [0.15, 0.2) is 18.2 Å². The zero-order valence-electron chi connectivity index (χ0n) is 13.2. The highest BCUT2D eigenvalue weighted by Crippen LogP contribution is 2.29. The van der Waals surface area contributed by atoms with Gasteiger partial charge in [0.05, 0.1) is 23.0 Å². The topological polar surface area (TPSA) is 98.3 Å². The first-order valence-electron chi connectivity index (χ1n) is 7.59. The molecule has 0 radical (unpaired) electrons. The maximum atomic E-state index is 12.2. The van der Waals surface area contributed by atoms with Crippen molar-refractivity contribution in [2.75, 3.05) is 13.1 Å². The summed E-state index contributed by atoms with van der Waals surface area (Å²) >= 11 is 0. The van der Waals surface area contributed by atoms with Crippen LogP contribution in [0, 0.1) is 12.3 Å². The van der Waals surface area contributed by atoms with Crippen LogP contribution in [0.25, 0.3) is 11.0 Å². The van der Waals surface area contributed by atoms with Crippen LogP contribution in [0.2, 0.25) is 0 Å². The lowest BCUT2D eigenvalue weighted by Crippen LogP contribution is -2.40. The Labute approximate surface area is 133 Å². The van der Waals surface area contributed by atoms with Gasteiger partial charge in [-0.2, -0.15) is 0 Å². The van der Waals surface area contributed by atoms with Gasteiger partial charge in [-0.3, -0.25) is 4.79 Å². The molecule has 1 aliphatic heterocycles. The molecule has 0 saturated carbocycles. The summed E-state index contributed by atoms with van der Waals surface area (Å²) in [6, 6.07) is 5.67. The summed E-state index contributed by atoms with van der Waals surface area (Å²) < 4.78 is 0. The Hall–Kier alpha value is -2.57. The Balaban J connectivity index is 1.61. The van der Waals surface area contributed by atoms with Gasteiger partial charge in [0.2, 0.25) is 0 Å². The molecule has 0 aliphatic carbocycles. The molecule has 2 amide bonds. The van der Waals surface area contributed by atoms with Crippen LogP contribution in [-0.2, 0) is 11.3 Å². The molecule has 1 aromatic heterocycles. The number of amides is 2. The van der Waals surface area contributed by atoms with Gasteiger partial charge in [0.1, 0.15) is 5.82 Å². The Kier molecular flexibility index (Phi) is 3.71. The first-order chi connectivity index (χ1) is 10.9. The quantitative estimate of drug-likeness (QED) is 0.805. The fourth-order valence-corrected chi connectivity index (χ4v) is 2.84. The van der Waals surface area contributed by atoms with E-state index in [0.717, 1.165) is 16.6 Å². The first kappa shape index (κ1) is 15.3. The zero-order chi connectivity index (χ0) is 16.6. The van der Waals surface area contributed by atoms with E-state index in [2.05, 4.69) is 15.3 Å². The zero-order valence-corrected chi connectivity index (χ0v) is 13.2. The van der Waals surface area contributed by atoms with Crippen molar-refractivity contribution in [1.29, 1.82) is 0 Å². The molecule has 3 rings (SSSR count). The van der Waals surface area contributed by atoms with E-state index in [1.165, 1.54) is 0 Å². The number of hydrogen-bond donors (Lipinski definition) is 3. The van der Waals surface area contributed by atoms with Crippen LogP contribution in [-0.4, -0.2) is 45.1 Å². The molecule has 2 heterocycles. The molecule has 1 aliphatic rings. The normalized spacial score (nSPS) is 20.9. The summed E-state index contributed by atoms with van der Waals surface area (Å²) in [6.45, 7) is 4.65. The van der Waals surface area contributed by atoms with Crippen LogP contribution in [0.1, 0.15) is 24.7 Å². The second-order valence-electron chi connectivity index (χ2n) is 6.40. The summed E-state index contributed by atoms with van der Waals surface area (Å²) in [7, 11) is 0. The minimum absolute atomic E-state index is 0.230. The van der Waals surface area contributed by atoms with E-state index < -0.39 is 11.4 Å². The third-order valence-electron chi connectivity index (χ3n) is 4.37. The van der Waals surface area contributed by atoms with Gasteiger partial charge in [-0.1, -0.05) is 6.07 Å². The van der Waals surface area contributed by atoms with Crippen LogP contribution >= 0.6 is 0 Å². The Morgan fingerprint density at radius 1 is 1.48 bits per heavy atom. The maximum absolute atomic E-state index is 12.2. The number of imidazole rings is 1. The Morgan fingerprint density at radius 3 is 2.96 bits per heavy atom. The van der Waals surface area contributed by atoms with Gasteiger partial charge in [0.25, 0.3) is 0 Å². The minimum atomic E-state index is -0.861. The van der Waals surface area contributed by atoms with Gasteiger partial charge in [-0.05, 0) is 38.0 Å². The number of hydrogen-bond acceptors (Lipinski definition) is 3. The maximum Gasteiger partial charge on any atom is 0.317 e. The number of aryl methyl sites for hydroxylation is 1. The van der Waals surface area contributed by atoms with Crippen molar-refractivity contribution in [2.24, 2.45) is 5.41 Å². The number of aromatic nitrogens is 2. The largest absolute Gasteiger partial charge is 0.481 e. The molecular formula is C16H20N4O3. The predicted octanol–water partition coefficient (Wildman–Crippen LogP) is 1.88. The van der Waals surface area contributed by atoms with Crippen molar-refractivity contribution in [3.63, 3.8) is 0 Å². The van der Waals surface area contributed by atoms with Gasteiger partial charge in [-0.25, -0.2) is 9.78 Å². The molecule has 122 valence electrons. The van der Waals surface area contributed by atoms with E-state index in [1.807, 2.05) is 25.1 Å². The SMILES string of the molecule is Cc1ccc2nc(CNC(=O)N3CCC(C)(C(=O)O)C3)[nH]c2c1. The number of carboxylic acids is 1. The molecular weight excluding hydrogens is 296 g/mol. The standard InChI is InChI=1S/C16H20N4O3/c1-10-3-4-11-12(7-10)19-13(18-11)8-17-15(23)20-6-5-16(2,9-20)14(21)22/h3-4,7H,5-6,8-9H2,1-2H3,(H,17,23)(H,18,19)(H,21,22). The summed E-state index contributed by atoms with van der Waals surface area (Å²) in [5.41, 5.74) is 2.09. The number of carbonyl (C=O) groups is 2. The number of H-pyrrole nitrogens is 1. The molecule has 7 heteroatoms. The highest BCUT2D eigenvalue weighted by Gasteiger charge is 2.42.